The maximum Gasteiger partial charge on any atom is 0.264 e. The van der Waals surface area contributed by atoms with Gasteiger partial charge in [-0.05, 0) is 42.5 Å². The Morgan fingerprint density at radius 2 is 2.00 bits per heavy atom. The van der Waals surface area contributed by atoms with Crippen molar-refractivity contribution in [3.63, 3.8) is 0 Å². The molecule has 0 N–H and O–H groups in total. The fourth-order valence-electron chi connectivity index (χ4n) is 3.28. The third-order valence-electron chi connectivity index (χ3n) is 4.79. The maximum absolute atomic E-state index is 12.7. The maximum atomic E-state index is 12.7. The smallest absolute Gasteiger partial charge is 0.264 e. The molecule has 1 aliphatic heterocycles. The van der Waals surface area contributed by atoms with Gasteiger partial charge in [0.1, 0.15) is 0 Å². The van der Waals surface area contributed by atoms with Crippen molar-refractivity contribution in [2.75, 3.05) is 26.2 Å². The van der Waals surface area contributed by atoms with E-state index in [-0.39, 0.29) is 5.91 Å². The summed E-state index contributed by atoms with van der Waals surface area (Å²) in [4.78, 5) is 22.4. The highest BCUT2D eigenvalue weighted by Gasteiger charge is 2.23. The second kappa shape index (κ2) is 8.02. The molecule has 0 atom stereocenters. The molecular weight excluding hydrogens is 360 g/mol. The van der Waals surface area contributed by atoms with Gasteiger partial charge in [-0.2, -0.15) is 4.98 Å². The van der Waals surface area contributed by atoms with Crippen molar-refractivity contribution in [2.45, 2.75) is 19.9 Å². The van der Waals surface area contributed by atoms with E-state index >= 15 is 0 Å². The van der Waals surface area contributed by atoms with Gasteiger partial charge in [-0.3, -0.25) is 9.69 Å². The van der Waals surface area contributed by atoms with Gasteiger partial charge in [0, 0.05) is 31.7 Å². The Kier molecular flexibility index (Phi) is 5.31. The molecule has 1 saturated heterocycles. The molecule has 0 unspecified atom stereocenters. The number of amides is 1. The predicted molar refractivity (Wildman–Crippen MR) is 105 cm³/mol. The number of carbonyl (C=O) groups excluding carboxylic acids is 1. The van der Waals surface area contributed by atoms with Gasteiger partial charge in [0.05, 0.1) is 11.4 Å². The summed E-state index contributed by atoms with van der Waals surface area (Å²) in [6.45, 7) is 5.87. The molecule has 140 valence electrons. The predicted octanol–water partition coefficient (Wildman–Crippen LogP) is 3.45. The van der Waals surface area contributed by atoms with Crippen LogP contribution in [0.4, 0.5) is 0 Å². The van der Waals surface area contributed by atoms with Crippen LogP contribution in [0.25, 0.3) is 11.5 Å². The number of aryl methyl sites for hydroxylation is 1. The van der Waals surface area contributed by atoms with Crippen LogP contribution in [0.2, 0.25) is 0 Å². The molecule has 1 fully saturated rings. The third kappa shape index (κ3) is 4.09. The number of aromatic nitrogens is 2. The number of hydrogen-bond acceptors (Lipinski definition) is 6. The van der Waals surface area contributed by atoms with Crippen molar-refractivity contribution in [2.24, 2.45) is 0 Å². The zero-order valence-electron chi connectivity index (χ0n) is 15.3. The normalized spacial score (nSPS) is 15.7. The molecule has 0 bridgehead atoms. The fourth-order valence-corrected chi connectivity index (χ4v) is 4.18. The minimum absolute atomic E-state index is 0.148. The first kappa shape index (κ1) is 17.9. The van der Waals surface area contributed by atoms with Crippen LogP contribution in [0.5, 0.6) is 0 Å². The molecule has 27 heavy (non-hydrogen) atoms. The lowest BCUT2D eigenvalue weighted by molar-refractivity contribution is 0.0765. The van der Waals surface area contributed by atoms with Crippen molar-refractivity contribution in [1.29, 1.82) is 0 Å². The van der Waals surface area contributed by atoms with Crippen LogP contribution in [0.15, 0.2) is 46.3 Å². The molecule has 1 aromatic carbocycles. The quantitative estimate of drug-likeness (QED) is 0.692. The summed E-state index contributed by atoms with van der Waals surface area (Å²) in [5, 5.41) is 6.10. The Bertz CT molecular complexity index is 906. The fraction of sp³-hybridized carbons (Fsp3) is 0.350. The summed E-state index contributed by atoms with van der Waals surface area (Å²) >= 11 is 1.52. The number of nitrogens with zero attached hydrogens (tertiary/aromatic N) is 4. The van der Waals surface area contributed by atoms with Gasteiger partial charge in [-0.15, -0.1) is 11.3 Å². The summed E-state index contributed by atoms with van der Waals surface area (Å²) in [6.07, 6.45) is 0.944. The number of carbonyl (C=O) groups is 1. The first-order valence-electron chi connectivity index (χ1n) is 9.14. The summed E-state index contributed by atoms with van der Waals surface area (Å²) in [7, 11) is 0. The van der Waals surface area contributed by atoms with Gasteiger partial charge in [-0.25, -0.2) is 0 Å². The Morgan fingerprint density at radius 3 is 2.78 bits per heavy atom. The molecule has 0 saturated carbocycles. The summed E-state index contributed by atoms with van der Waals surface area (Å²) < 4.78 is 5.39. The summed E-state index contributed by atoms with van der Waals surface area (Å²) in [5.74, 6) is 1.38. The minimum Gasteiger partial charge on any atom is -0.337 e. The first-order chi connectivity index (χ1) is 13.2. The highest BCUT2D eigenvalue weighted by molar-refractivity contribution is 7.12. The number of thiophene rings is 1. The van der Waals surface area contributed by atoms with Crippen LogP contribution < -0.4 is 0 Å². The molecule has 4 rings (SSSR count). The molecule has 1 amide bonds. The summed E-state index contributed by atoms with van der Waals surface area (Å²) in [5.41, 5.74) is 1.99. The van der Waals surface area contributed by atoms with Crippen LogP contribution in [0, 0.1) is 6.92 Å². The minimum atomic E-state index is 0.148. The Morgan fingerprint density at radius 1 is 1.15 bits per heavy atom. The molecule has 3 heterocycles. The first-order valence-corrected chi connectivity index (χ1v) is 10.0. The monoisotopic (exact) mass is 382 g/mol. The van der Waals surface area contributed by atoms with Crippen molar-refractivity contribution in [3.8, 4) is 11.5 Å². The molecule has 2 aromatic heterocycles. The van der Waals surface area contributed by atoms with E-state index in [0.29, 0.717) is 18.3 Å². The Hall–Kier alpha value is -2.51. The van der Waals surface area contributed by atoms with E-state index in [9.17, 15) is 4.79 Å². The van der Waals surface area contributed by atoms with Crippen LogP contribution in [-0.4, -0.2) is 52.0 Å². The number of hydrogen-bond donors (Lipinski definition) is 0. The SMILES string of the molecule is Cc1ccsc1C(=O)N1CCCN(Cc2noc(-c3ccccc3)n2)CC1. The van der Waals surface area contributed by atoms with Crippen LogP contribution >= 0.6 is 11.3 Å². The lowest BCUT2D eigenvalue weighted by Crippen LogP contribution is -2.35. The number of benzene rings is 1. The Labute approximate surface area is 162 Å². The molecule has 3 aromatic rings. The molecule has 6 nitrogen and oxygen atoms in total. The van der Waals surface area contributed by atoms with Crippen molar-refractivity contribution >= 4 is 17.2 Å². The van der Waals surface area contributed by atoms with Crippen LogP contribution in [0.3, 0.4) is 0 Å². The largest absolute Gasteiger partial charge is 0.337 e. The zero-order chi connectivity index (χ0) is 18.6. The lowest BCUT2D eigenvalue weighted by Gasteiger charge is -2.21. The van der Waals surface area contributed by atoms with E-state index in [4.69, 9.17) is 4.52 Å². The molecule has 0 aliphatic carbocycles. The number of rotatable bonds is 4. The average Bonchev–Trinajstić information content (AvgIpc) is 3.26. The molecule has 1 aliphatic rings. The van der Waals surface area contributed by atoms with Gasteiger partial charge in [0.15, 0.2) is 5.82 Å². The second-order valence-corrected chi connectivity index (χ2v) is 7.65. The Balaban J connectivity index is 1.37. The van der Waals surface area contributed by atoms with Crippen molar-refractivity contribution in [1.82, 2.24) is 19.9 Å². The van der Waals surface area contributed by atoms with Crippen LogP contribution in [0.1, 0.15) is 27.5 Å². The topological polar surface area (TPSA) is 62.5 Å². The van der Waals surface area contributed by atoms with E-state index < -0.39 is 0 Å². The van der Waals surface area contributed by atoms with E-state index in [1.807, 2.05) is 53.6 Å². The zero-order valence-corrected chi connectivity index (χ0v) is 16.1. The lowest BCUT2D eigenvalue weighted by atomic mass is 10.2. The van der Waals surface area contributed by atoms with Gasteiger partial charge in [0.25, 0.3) is 11.8 Å². The van der Waals surface area contributed by atoms with Gasteiger partial charge in [0.2, 0.25) is 0 Å². The highest BCUT2D eigenvalue weighted by Crippen LogP contribution is 2.20. The summed E-state index contributed by atoms with van der Waals surface area (Å²) in [6, 6.07) is 11.8. The molecule has 0 spiro atoms. The van der Waals surface area contributed by atoms with E-state index in [2.05, 4.69) is 15.0 Å². The molecule has 0 radical (unpaired) electrons. The van der Waals surface area contributed by atoms with Gasteiger partial charge < -0.3 is 9.42 Å². The average molecular weight is 382 g/mol. The van der Waals surface area contributed by atoms with Crippen molar-refractivity contribution < 1.29 is 9.32 Å². The molecular formula is C20H22N4O2S. The highest BCUT2D eigenvalue weighted by atomic mass is 32.1. The van der Waals surface area contributed by atoms with Gasteiger partial charge in [-0.1, -0.05) is 23.4 Å². The van der Waals surface area contributed by atoms with E-state index in [0.717, 1.165) is 48.6 Å². The van der Waals surface area contributed by atoms with Crippen LogP contribution in [-0.2, 0) is 6.54 Å². The third-order valence-corrected chi connectivity index (χ3v) is 5.79. The van der Waals surface area contributed by atoms with E-state index in [1.165, 1.54) is 11.3 Å². The second-order valence-electron chi connectivity index (χ2n) is 6.74. The van der Waals surface area contributed by atoms with E-state index in [1.54, 1.807) is 0 Å². The molecule has 7 heteroatoms. The van der Waals surface area contributed by atoms with Gasteiger partial charge >= 0.3 is 0 Å². The van der Waals surface area contributed by atoms with Crippen molar-refractivity contribution in [3.05, 3.63) is 58.0 Å². The standard InChI is InChI=1S/C20H22N4O2S/c1-15-8-13-27-18(15)20(25)24-10-5-9-23(11-12-24)14-17-21-19(26-22-17)16-6-3-2-4-7-16/h2-4,6-8,13H,5,9-12,14H2,1H3.